The lowest BCUT2D eigenvalue weighted by atomic mass is 9.94. The van der Waals surface area contributed by atoms with E-state index in [1.807, 2.05) is 12.3 Å². The lowest BCUT2D eigenvalue weighted by Crippen LogP contribution is -2.45. The van der Waals surface area contributed by atoms with Crippen molar-refractivity contribution in [3.05, 3.63) is 29.6 Å². The minimum absolute atomic E-state index is 0. The summed E-state index contributed by atoms with van der Waals surface area (Å²) >= 11 is 0. The van der Waals surface area contributed by atoms with Crippen LogP contribution in [0.4, 0.5) is 0 Å². The van der Waals surface area contributed by atoms with Crippen molar-refractivity contribution in [1.29, 1.82) is 0 Å². The number of nitrogens with zero attached hydrogens (tertiary/aromatic N) is 2. The number of aromatic nitrogens is 1. The maximum absolute atomic E-state index is 6.02. The molecule has 1 aromatic rings. The molecule has 1 fully saturated rings. The Morgan fingerprint density at radius 2 is 2.29 bits per heavy atom. The van der Waals surface area contributed by atoms with Crippen LogP contribution < -0.4 is 5.73 Å². The molecule has 2 heterocycles. The number of halogens is 1. The van der Waals surface area contributed by atoms with Gasteiger partial charge in [0.25, 0.3) is 0 Å². The third-order valence-corrected chi connectivity index (χ3v) is 3.57. The van der Waals surface area contributed by atoms with Crippen LogP contribution in [0, 0.1) is 12.8 Å². The van der Waals surface area contributed by atoms with E-state index in [0.717, 1.165) is 31.7 Å². The first kappa shape index (κ1) is 14.4. The van der Waals surface area contributed by atoms with Crippen LogP contribution in [0.1, 0.15) is 24.6 Å². The van der Waals surface area contributed by atoms with Crippen molar-refractivity contribution < 1.29 is 0 Å². The predicted molar refractivity (Wildman–Crippen MR) is 73.3 cm³/mol. The van der Waals surface area contributed by atoms with Gasteiger partial charge in [0, 0.05) is 31.0 Å². The van der Waals surface area contributed by atoms with Crippen LogP contribution in [0.15, 0.2) is 18.3 Å². The molecule has 17 heavy (non-hydrogen) atoms. The van der Waals surface area contributed by atoms with E-state index < -0.39 is 0 Å². The van der Waals surface area contributed by atoms with Crippen LogP contribution in [0.2, 0.25) is 0 Å². The molecule has 1 aliphatic heterocycles. The molecule has 0 saturated carbocycles. The van der Waals surface area contributed by atoms with E-state index in [4.69, 9.17) is 5.73 Å². The maximum Gasteiger partial charge on any atom is 0.0417 e. The number of nitrogens with two attached hydrogens (primary N) is 1. The van der Waals surface area contributed by atoms with Crippen LogP contribution in [-0.2, 0) is 6.54 Å². The lowest BCUT2D eigenvalue weighted by Gasteiger charge is -2.35. The van der Waals surface area contributed by atoms with Gasteiger partial charge in [-0.2, -0.15) is 0 Å². The molecule has 0 spiro atoms. The smallest absolute Gasteiger partial charge is 0.0417 e. The number of rotatable bonds is 2. The summed E-state index contributed by atoms with van der Waals surface area (Å²) in [4.78, 5) is 6.81. The number of piperidine rings is 1. The van der Waals surface area contributed by atoms with Gasteiger partial charge >= 0.3 is 0 Å². The largest absolute Gasteiger partial charge is 0.327 e. The van der Waals surface area contributed by atoms with Crippen LogP contribution in [0.25, 0.3) is 0 Å². The molecule has 2 unspecified atom stereocenters. The SMILES string of the molecule is Cc1ncccc1CN1CCC(N)C(C)C1.Cl. The van der Waals surface area contributed by atoms with E-state index in [1.165, 1.54) is 5.56 Å². The summed E-state index contributed by atoms with van der Waals surface area (Å²) in [5.41, 5.74) is 8.51. The number of hydrogen-bond acceptors (Lipinski definition) is 3. The first-order valence-corrected chi connectivity index (χ1v) is 6.05. The summed E-state index contributed by atoms with van der Waals surface area (Å²) < 4.78 is 0. The molecule has 1 aliphatic rings. The first-order valence-electron chi connectivity index (χ1n) is 6.05. The van der Waals surface area contributed by atoms with Crippen LogP contribution in [-0.4, -0.2) is 29.0 Å². The van der Waals surface area contributed by atoms with Crippen molar-refractivity contribution in [1.82, 2.24) is 9.88 Å². The highest BCUT2D eigenvalue weighted by molar-refractivity contribution is 5.85. The van der Waals surface area contributed by atoms with Gasteiger partial charge in [-0.15, -0.1) is 12.4 Å². The van der Waals surface area contributed by atoms with Crippen molar-refractivity contribution in [3.8, 4) is 0 Å². The van der Waals surface area contributed by atoms with E-state index in [9.17, 15) is 0 Å². The van der Waals surface area contributed by atoms with E-state index in [1.54, 1.807) is 0 Å². The highest BCUT2D eigenvalue weighted by Crippen LogP contribution is 2.17. The second kappa shape index (κ2) is 6.34. The van der Waals surface area contributed by atoms with Crippen molar-refractivity contribution in [2.24, 2.45) is 11.7 Å². The molecular formula is C13H22ClN3. The first-order chi connectivity index (χ1) is 7.66. The van der Waals surface area contributed by atoms with Gasteiger partial charge in [0.1, 0.15) is 0 Å². The Morgan fingerprint density at radius 3 is 2.94 bits per heavy atom. The minimum atomic E-state index is 0. The fourth-order valence-electron chi connectivity index (χ4n) is 2.32. The minimum Gasteiger partial charge on any atom is -0.327 e. The number of likely N-dealkylation sites (tertiary alicyclic amines) is 1. The van der Waals surface area contributed by atoms with Crippen molar-refractivity contribution in [3.63, 3.8) is 0 Å². The molecule has 96 valence electrons. The zero-order chi connectivity index (χ0) is 11.5. The third kappa shape index (κ3) is 3.66. The Kier molecular flexibility index (Phi) is 5.37. The molecule has 2 N–H and O–H groups in total. The normalized spacial score (nSPS) is 25.4. The maximum atomic E-state index is 6.02. The molecule has 0 aromatic carbocycles. The monoisotopic (exact) mass is 255 g/mol. The highest BCUT2D eigenvalue weighted by atomic mass is 35.5. The summed E-state index contributed by atoms with van der Waals surface area (Å²) in [7, 11) is 0. The summed E-state index contributed by atoms with van der Waals surface area (Å²) in [6, 6.07) is 4.56. The molecule has 0 amide bonds. The fraction of sp³-hybridized carbons (Fsp3) is 0.615. The summed E-state index contributed by atoms with van der Waals surface area (Å²) in [5, 5.41) is 0. The Bertz CT molecular complexity index is 356. The average Bonchev–Trinajstić information content (AvgIpc) is 2.27. The Balaban J connectivity index is 0.00000144. The predicted octanol–water partition coefficient (Wildman–Crippen LogP) is 1.98. The van der Waals surface area contributed by atoms with Gasteiger partial charge in [-0.25, -0.2) is 0 Å². The van der Waals surface area contributed by atoms with E-state index >= 15 is 0 Å². The molecule has 2 atom stereocenters. The summed E-state index contributed by atoms with van der Waals surface area (Å²) in [6.45, 7) is 7.55. The molecule has 0 bridgehead atoms. The Morgan fingerprint density at radius 1 is 1.53 bits per heavy atom. The zero-order valence-electron chi connectivity index (χ0n) is 10.6. The number of aryl methyl sites for hydroxylation is 1. The van der Waals surface area contributed by atoms with Crippen molar-refractivity contribution in [2.75, 3.05) is 13.1 Å². The Hall–Kier alpha value is -0.640. The standard InChI is InChI=1S/C13H21N3.ClH/c1-10-8-16(7-5-13(10)14)9-12-4-3-6-15-11(12)2;/h3-4,6,10,13H,5,7-9,14H2,1-2H3;1H. The third-order valence-electron chi connectivity index (χ3n) is 3.57. The van der Waals surface area contributed by atoms with Gasteiger partial charge in [0.05, 0.1) is 0 Å². The van der Waals surface area contributed by atoms with Crippen LogP contribution in [0.3, 0.4) is 0 Å². The molecule has 2 rings (SSSR count). The second-order valence-corrected chi connectivity index (χ2v) is 4.91. The van der Waals surface area contributed by atoms with Crippen molar-refractivity contribution >= 4 is 12.4 Å². The molecule has 4 heteroatoms. The van der Waals surface area contributed by atoms with Gasteiger partial charge in [-0.1, -0.05) is 13.0 Å². The van der Waals surface area contributed by atoms with Gasteiger partial charge in [-0.3, -0.25) is 9.88 Å². The van der Waals surface area contributed by atoms with Crippen LogP contribution >= 0.6 is 12.4 Å². The molecule has 0 aliphatic carbocycles. The van der Waals surface area contributed by atoms with Gasteiger partial charge < -0.3 is 5.73 Å². The number of pyridine rings is 1. The zero-order valence-corrected chi connectivity index (χ0v) is 11.4. The molecule has 1 aromatic heterocycles. The van der Waals surface area contributed by atoms with E-state index in [2.05, 4.69) is 29.8 Å². The molecule has 3 nitrogen and oxygen atoms in total. The highest BCUT2D eigenvalue weighted by Gasteiger charge is 2.23. The Labute approximate surface area is 110 Å². The van der Waals surface area contributed by atoms with Gasteiger partial charge in [0.15, 0.2) is 0 Å². The molecular weight excluding hydrogens is 234 g/mol. The average molecular weight is 256 g/mol. The van der Waals surface area contributed by atoms with E-state index in [0.29, 0.717) is 12.0 Å². The lowest BCUT2D eigenvalue weighted by molar-refractivity contribution is 0.157. The number of hydrogen-bond donors (Lipinski definition) is 1. The summed E-state index contributed by atoms with van der Waals surface area (Å²) in [5.74, 6) is 0.603. The molecule has 0 radical (unpaired) electrons. The topological polar surface area (TPSA) is 42.2 Å². The van der Waals surface area contributed by atoms with Gasteiger partial charge in [-0.05, 0) is 37.4 Å². The fourth-order valence-corrected chi connectivity index (χ4v) is 2.32. The quantitative estimate of drug-likeness (QED) is 0.879. The van der Waals surface area contributed by atoms with Crippen LogP contribution in [0.5, 0.6) is 0 Å². The summed E-state index contributed by atoms with van der Waals surface area (Å²) in [6.07, 6.45) is 2.97. The van der Waals surface area contributed by atoms with Crippen molar-refractivity contribution in [2.45, 2.75) is 32.9 Å². The molecule has 1 saturated heterocycles. The van der Waals surface area contributed by atoms with Gasteiger partial charge in [0.2, 0.25) is 0 Å². The van der Waals surface area contributed by atoms with E-state index in [-0.39, 0.29) is 12.4 Å². The second-order valence-electron chi connectivity index (χ2n) is 4.91.